The van der Waals surface area contributed by atoms with E-state index >= 15 is 0 Å². The smallest absolute Gasteiger partial charge is 0.406 e. The van der Waals surface area contributed by atoms with Crippen molar-refractivity contribution in [3.8, 4) is 5.75 Å². The van der Waals surface area contributed by atoms with Crippen molar-refractivity contribution in [2.24, 2.45) is 5.84 Å². The Kier molecular flexibility index (Phi) is 6.31. The topological polar surface area (TPSA) is 93.5 Å². The molecule has 1 aromatic carbocycles. The number of rotatable bonds is 6. The summed E-state index contributed by atoms with van der Waals surface area (Å²) in [5, 5.41) is 2.46. The number of thioether (sulfide) groups is 1. The molecule has 2 amide bonds. The molecule has 0 bridgehead atoms. The lowest BCUT2D eigenvalue weighted by atomic mass is 10.3. The van der Waals surface area contributed by atoms with E-state index in [1.807, 2.05) is 5.43 Å². The van der Waals surface area contributed by atoms with Crippen LogP contribution in [0, 0.1) is 0 Å². The zero-order valence-electron chi connectivity index (χ0n) is 10.6. The molecule has 0 unspecified atom stereocenters. The number of carbonyl (C=O) groups excluding carboxylic acids is 2. The minimum absolute atomic E-state index is 0.00816. The van der Waals surface area contributed by atoms with E-state index in [-0.39, 0.29) is 17.3 Å². The second kappa shape index (κ2) is 7.74. The van der Waals surface area contributed by atoms with Crippen molar-refractivity contribution >= 4 is 29.3 Å². The lowest BCUT2D eigenvalue weighted by Crippen LogP contribution is -2.32. The predicted octanol–water partition coefficient (Wildman–Crippen LogP) is 1.25. The zero-order valence-corrected chi connectivity index (χ0v) is 11.4. The average Bonchev–Trinajstić information content (AvgIpc) is 2.39. The van der Waals surface area contributed by atoms with E-state index in [9.17, 15) is 22.8 Å². The van der Waals surface area contributed by atoms with E-state index in [1.54, 1.807) is 0 Å². The summed E-state index contributed by atoms with van der Waals surface area (Å²) in [5.41, 5.74) is 2.23. The summed E-state index contributed by atoms with van der Waals surface area (Å²) in [6.45, 7) is 0. The minimum Gasteiger partial charge on any atom is -0.406 e. The fourth-order valence-electron chi connectivity index (χ4n) is 1.22. The van der Waals surface area contributed by atoms with E-state index in [4.69, 9.17) is 5.84 Å². The first-order chi connectivity index (χ1) is 9.80. The van der Waals surface area contributed by atoms with Gasteiger partial charge in [0, 0.05) is 5.69 Å². The Labute approximate surface area is 122 Å². The Morgan fingerprint density at radius 3 is 2.24 bits per heavy atom. The van der Waals surface area contributed by atoms with Crippen molar-refractivity contribution in [3.05, 3.63) is 24.3 Å². The number of amides is 2. The van der Waals surface area contributed by atoms with Crippen LogP contribution in [0.1, 0.15) is 0 Å². The number of hydrogen-bond donors (Lipinski definition) is 3. The molecule has 0 aliphatic rings. The Hall–Kier alpha value is -1.94. The van der Waals surface area contributed by atoms with Crippen LogP contribution in [0.15, 0.2) is 24.3 Å². The maximum atomic E-state index is 11.9. The third kappa shape index (κ3) is 7.42. The summed E-state index contributed by atoms with van der Waals surface area (Å²) in [5.74, 6) is 3.71. The van der Waals surface area contributed by atoms with Crippen LogP contribution in [0.25, 0.3) is 0 Å². The molecule has 0 aliphatic carbocycles. The normalized spacial score (nSPS) is 10.9. The monoisotopic (exact) mass is 323 g/mol. The summed E-state index contributed by atoms with van der Waals surface area (Å²) in [7, 11) is 0. The number of hydrogen-bond acceptors (Lipinski definition) is 5. The SMILES string of the molecule is NNC(=O)CSCC(=O)Nc1ccc(OC(F)(F)F)cc1. The van der Waals surface area contributed by atoms with Crippen molar-refractivity contribution in [2.45, 2.75) is 6.36 Å². The lowest BCUT2D eigenvalue weighted by molar-refractivity contribution is -0.274. The summed E-state index contributed by atoms with van der Waals surface area (Å²) in [6, 6.07) is 4.71. The van der Waals surface area contributed by atoms with Gasteiger partial charge in [0.25, 0.3) is 0 Å². The van der Waals surface area contributed by atoms with E-state index in [2.05, 4.69) is 10.1 Å². The quantitative estimate of drug-likeness (QED) is 0.416. The van der Waals surface area contributed by atoms with Crippen LogP contribution >= 0.6 is 11.8 Å². The zero-order chi connectivity index (χ0) is 15.9. The lowest BCUT2D eigenvalue weighted by Gasteiger charge is -2.09. The largest absolute Gasteiger partial charge is 0.573 e. The van der Waals surface area contributed by atoms with E-state index in [1.165, 1.54) is 12.1 Å². The molecule has 4 N–H and O–H groups in total. The molecule has 1 aromatic rings. The summed E-state index contributed by atoms with van der Waals surface area (Å²) in [6.07, 6.45) is -4.76. The highest BCUT2D eigenvalue weighted by Crippen LogP contribution is 2.23. The van der Waals surface area contributed by atoms with Gasteiger partial charge in [0.2, 0.25) is 11.8 Å². The van der Waals surface area contributed by atoms with Crippen LogP contribution in [0.3, 0.4) is 0 Å². The third-order valence-corrected chi connectivity index (χ3v) is 2.93. The molecular weight excluding hydrogens is 311 g/mol. The van der Waals surface area contributed by atoms with Crippen molar-refractivity contribution in [1.29, 1.82) is 0 Å². The molecule has 0 fully saturated rings. The maximum absolute atomic E-state index is 11.9. The first-order valence-corrected chi connectivity index (χ1v) is 6.68. The fraction of sp³-hybridized carbons (Fsp3) is 0.273. The van der Waals surface area contributed by atoms with Gasteiger partial charge in [-0.3, -0.25) is 15.0 Å². The number of alkyl halides is 3. The fourth-order valence-corrected chi connectivity index (χ4v) is 1.84. The van der Waals surface area contributed by atoms with Gasteiger partial charge in [-0.25, -0.2) is 5.84 Å². The molecule has 0 radical (unpaired) electrons. The van der Waals surface area contributed by atoms with Crippen molar-refractivity contribution in [3.63, 3.8) is 0 Å². The summed E-state index contributed by atoms with van der Waals surface area (Å²) in [4.78, 5) is 22.3. The Balaban J connectivity index is 2.41. The second-order valence-electron chi connectivity index (χ2n) is 3.68. The Bertz CT molecular complexity index is 494. The molecule has 0 atom stereocenters. The highest BCUT2D eigenvalue weighted by Gasteiger charge is 2.30. The number of ether oxygens (including phenoxy) is 1. The van der Waals surface area contributed by atoms with Gasteiger partial charge in [0.1, 0.15) is 5.75 Å². The number of benzene rings is 1. The molecule has 1 rings (SSSR count). The van der Waals surface area contributed by atoms with E-state index in [0.717, 1.165) is 23.9 Å². The number of halogens is 3. The number of hydrazine groups is 1. The van der Waals surface area contributed by atoms with Gasteiger partial charge >= 0.3 is 6.36 Å². The van der Waals surface area contributed by atoms with Gasteiger partial charge in [0.15, 0.2) is 0 Å². The molecular formula is C11H12F3N3O3S. The summed E-state index contributed by atoms with van der Waals surface area (Å²) >= 11 is 1.05. The Morgan fingerprint density at radius 1 is 1.14 bits per heavy atom. The molecule has 10 heteroatoms. The van der Waals surface area contributed by atoms with Crippen LogP contribution in [-0.4, -0.2) is 29.7 Å². The molecule has 6 nitrogen and oxygen atoms in total. The predicted molar refractivity (Wildman–Crippen MR) is 71.4 cm³/mol. The van der Waals surface area contributed by atoms with Gasteiger partial charge in [-0.1, -0.05) is 0 Å². The number of anilines is 1. The van der Waals surface area contributed by atoms with Crippen molar-refractivity contribution in [2.75, 3.05) is 16.8 Å². The highest BCUT2D eigenvalue weighted by molar-refractivity contribution is 8.00. The van der Waals surface area contributed by atoms with E-state index < -0.39 is 18.2 Å². The van der Waals surface area contributed by atoms with E-state index in [0.29, 0.717) is 5.69 Å². The van der Waals surface area contributed by atoms with Crippen LogP contribution in [-0.2, 0) is 9.59 Å². The average molecular weight is 323 g/mol. The number of nitrogens with one attached hydrogen (secondary N) is 2. The molecule has 21 heavy (non-hydrogen) atoms. The number of nitrogens with two attached hydrogens (primary N) is 1. The summed E-state index contributed by atoms with van der Waals surface area (Å²) < 4.78 is 39.5. The molecule has 0 spiro atoms. The van der Waals surface area contributed by atoms with Crippen LogP contribution in [0.4, 0.5) is 18.9 Å². The Morgan fingerprint density at radius 2 is 1.71 bits per heavy atom. The third-order valence-electron chi connectivity index (χ3n) is 2.00. The maximum Gasteiger partial charge on any atom is 0.573 e. The standard InChI is InChI=1S/C11H12F3N3O3S/c12-11(13,14)20-8-3-1-7(2-4-8)16-9(18)5-21-6-10(19)17-15/h1-4H,5-6,15H2,(H,16,18)(H,17,19). The first kappa shape index (κ1) is 17.1. The van der Waals surface area contributed by atoms with Gasteiger partial charge in [-0.05, 0) is 24.3 Å². The van der Waals surface area contributed by atoms with Crippen LogP contribution in [0.2, 0.25) is 0 Å². The van der Waals surface area contributed by atoms with Crippen molar-refractivity contribution < 1.29 is 27.5 Å². The van der Waals surface area contributed by atoms with Crippen molar-refractivity contribution in [1.82, 2.24) is 5.43 Å². The molecule has 0 saturated heterocycles. The van der Waals surface area contributed by atoms with Crippen LogP contribution < -0.4 is 21.3 Å². The molecule has 0 aliphatic heterocycles. The first-order valence-electron chi connectivity index (χ1n) is 5.53. The molecule has 116 valence electrons. The second-order valence-corrected chi connectivity index (χ2v) is 4.67. The van der Waals surface area contributed by atoms with Gasteiger partial charge in [-0.2, -0.15) is 0 Å². The molecule has 0 aromatic heterocycles. The molecule has 0 saturated carbocycles. The van der Waals surface area contributed by atoms with Crippen LogP contribution in [0.5, 0.6) is 5.75 Å². The van der Waals surface area contributed by atoms with Gasteiger partial charge in [0.05, 0.1) is 11.5 Å². The molecule has 0 heterocycles. The van der Waals surface area contributed by atoms with Gasteiger partial charge < -0.3 is 10.1 Å². The van der Waals surface area contributed by atoms with Gasteiger partial charge in [-0.15, -0.1) is 24.9 Å². The highest BCUT2D eigenvalue weighted by atomic mass is 32.2. The minimum atomic E-state index is -4.76. The number of carbonyl (C=O) groups is 2.